The van der Waals surface area contributed by atoms with Crippen molar-refractivity contribution < 1.29 is 56.8 Å². The fraction of sp³-hybridized carbons (Fsp3) is 0. The van der Waals surface area contributed by atoms with Crippen molar-refractivity contribution in [2.45, 2.75) is 0 Å². The minimum atomic E-state index is -2.29. The molecule has 0 aromatic heterocycles. The molecule has 2 aromatic carbocycles. The molecule has 7 nitrogen and oxygen atoms in total. The molecule has 0 unspecified atom stereocenters. The molecule has 0 bridgehead atoms. The molecule has 0 spiro atoms. The number of benzene rings is 2. The lowest BCUT2D eigenvalue weighted by Gasteiger charge is -2.00. The quantitative estimate of drug-likeness (QED) is 0.358. The van der Waals surface area contributed by atoms with E-state index < -0.39 is 52.7 Å². The summed E-state index contributed by atoms with van der Waals surface area (Å²) >= 11 is 0. The standard InChI is InChI=1S/C9H6O6.C6HF5O/c10-7(11)4-1-5(8(12)13)3-6(2-4)9(14)15;7-1-2(8)4(10)6(12)5(11)3(1)9/h1-3H,(H,10,11)(H,12,13)(H,14,15);12H. The van der Waals surface area contributed by atoms with Crippen LogP contribution in [0, 0.1) is 29.1 Å². The van der Waals surface area contributed by atoms with Gasteiger partial charge in [0.2, 0.25) is 29.1 Å². The van der Waals surface area contributed by atoms with Crippen LogP contribution >= 0.6 is 0 Å². The highest BCUT2D eigenvalue weighted by atomic mass is 19.2. The number of carboxylic acids is 3. The molecule has 0 aliphatic heterocycles. The Labute approximate surface area is 145 Å². The first-order valence-corrected chi connectivity index (χ1v) is 6.43. The highest BCUT2D eigenvalue weighted by molar-refractivity contribution is 5.98. The Morgan fingerprint density at radius 3 is 1.00 bits per heavy atom. The number of aromatic carboxylic acids is 3. The minimum Gasteiger partial charge on any atom is -0.503 e. The fourth-order valence-corrected chi connectivity index (χ4v) is 1.59. The van der Waals surface area contributed by atoms with Gasteiger partial charge in [0.05, 0.1) is 16.7 Å². The molecule has 0 saturated heterocycles. The summed E-state index contributed by atoms with van der Waals surface area (Å²) in [6.45, 7) is 0. The second kappa shape index (κ2) is 8.12. The molecule has 4 N–H and O–H groups in total. The molecule has 0 radical (unpaired) electrons. The average molecular weight is 394 g/mol. The number of hydrogen-bond acceptors (Lipinski definition) is 4. The van der Waals surface area contributed by atoms with Crippen LogP contribution in [0.15, 0.2) is 18.2 Å². The molecule has 0 aliphatic carbocycles. The van der Waals surface area contributed by atoms with E-state index in [2.05, 4.69) is 0 Å². The predicted molar refractivity (Wildman–Crippen MR) is 75.2 cm³/mol. The van der Waals surface area contributed by atoms with Gasteiger partial charge in [-0.25, -0.2) is 27.6 Å². The van der Waals surface area contributed by atoms with Crippen LogP contribution in [0.3, 0.4) is 0 Å². The lowest BCUT2D eigenvalue weighted by molar-refractivity contribution is 0.0696. The molecule has 0 aliphatic rings. The van der Waals surface area contributed by atoms with Crippen molar-refractivity contribution in [3.63, 3.8) is 0 Å². The van der Waals surface area contributed by atoms with E-state index in [-0.39, 0.29) is 16.7 Å². The summed E-state index contributed by atoms with van der Waals surface area (Å²) in [5.41, 5.74) is -1.10. The van der Waals surface area contributed by atoms with E-state index in [0.29, 0.717) is 0 Å². The Morgan fingerprint density at radius 2 is 0.778 bits per heavy atom. The van der Waals surface area contributed by atoms with E-state index in [1.165, 1.54) is 0 Å². The summed E-state index contributed by atoms with van der Waals surface area (Å²) in [6.07, 6.45) is 0. The van der Waals surface area contributed by atoms with Crippen molar-refractivity contribution >= 4 is 17.9 Å². The van der Waals surface area contributed by atoms with Crippen molar-refractivity contribution in [2.75, 3.05) is 0 Å². The second-order valence-electron chi connectivity index (χ2n) is 4.63. The van der Waals surface area contributed by atoms with Crippen LogP contribution in [0.1, 0.15) is 31.1 Å². The van der Waals surface area contributed by atoms with E-state index in [9.17, 15) is 36.3 Å². The normalized spacial score (nSPS) is 9.96. The van der Waals surface area contributed by atoms with Gasteiger partial charge in [-0.3, -0.25) is 0 Å². The lowest BCUT2D eigenvalue weighted by Crippen LogP contribution is -2.07. The molecule has 0 atom stereocenters. The molecule has 144 valence electrons. The van der Waals surface area contributed by atoms with Crippen LogP contribution in [0.2, 0.25) is 0 Å². The molecule has 0 heterocycles. The number of halogens is 5. The second-order valence-corrected chi connectivity index (χ2v) is 4.63. The number of phenols is 1. The van der Waals surface area contributed by atoms with Gasteiger partial charge >= 0.3 is 17.9 Å². The summed E-state index contributed by atoms with van der Waals surface area (Å²) in [7, 11) is 0. The molecule has 2 rings (SSSR count). The third kappa shape index (κ3) is 4.68. The molecule has 0 amide bonds. The van der Waals surface area contributed by atoms with Crippen LogP contribution in [0.4, 0.5) is 22.0 Å². The van der Waals surface area contributed by atoms with Gasteiger partial charge in [-0.05, 0) is 18.2 Å². The van der Waals surface area contributed by atoms with Gasteiger partial charge in [0.1, 0.15) is 0 Å². The Hall–Kier alpha value is -3.70. The maximum absolute atomic E-state index is 12.2. The average Bonchev–Trinajstić information content (AvgIpc) is 2.63. The summed E-state index contributed by atoms with van der Waals surface area (Å²) in [5, 5.41) is 34.1. The van der Waals surface area contributed by atoms with Crippen LogP contribution in [0.5, 0.6) is 5.75 Å². The maximum Gasteiger partial charge on any atom is 0.335 e. The first kappa shape index (κ1) is 21.3. The minimum absolute atomic E-state index is 0.368. The first-order chi connectivity index (χ1) is 12.4. The van der Waals surface area contributed by atoms with Gasteiger partial charge < -0.3 is 20.4 Å². The molecular formula is C15H7F5O7. The molecule has 0 saturated carbocycles. The Bertz CT molecular complexity index is 759. The monoisotopic (exact) mass is 394 g/mol. The van der Waals surface area contributed by atoms with Crippen molar-refractivity contribution in [1.82, 2.24) is 0 Å². The van der Waals surface area contributed by atoms with Gasteiger partial charge in [-0.1, -0.05) is 0 Å². The van der Waals surface area contributed by atoms with Crippen molar-refractivity contribution in [1.29, 1.82) is 0 Å². The highest BCUT2D eigenvalue weighted by Gasteiger charge is 2.25. The summed E-state index contributed by atoms with van der Waals surface area (Å²) < 4.78 is 60.6. The lowest BCUT2D eigenvalue weighted by atomic mass is 10.1. The van der Waals surface area contributed by atoms with E-state index in [1.807, 2.05) is 0 Å². The predicted octanol–water partition coefficient (Wildman–Crippen LogP) is 2.87. The van der Waals surface area contributed by atoms with Crippen LogP contribution < -0.4 is 0 Å². The van der Waals surface area contributed by atoms with Crippen LogP contribution in [0.25, 0.3) is 0 Å². The SMILES string of the molecule is O=C(O)c1cc(C(=O)O)cc(C(=O)O)c1.Oc1c(F)c(F)c(F)c(F)c1F. The van der Waals surface area contributed by atoms with Crippen LogP contribution in [-0.2, 0) is 0 Å². The summed E-state index contributed by atoms with van der Waals surface area (Å²) in [6, 6.07) is 2.70. The highest BCUT2D eigenvalue weighted by Crippen LogP contribution is 2.27. The largest absolute Gasteiger partial charge is 0.503 e. The Balaban J connectivity index is 0.000000277. The molecule has 2 aromatic rings. The van der Waals surface area contributed by atoms with E-state index in [1.54, 1.807) is 0 Å². The fourth-order valence-electron chi connectivity index (χ4n) is 1.59. The third-order valence-electron chi connectivity index (χ3n) is 2.86. The molecule has 27 heavy (non-hydrogen) atoms. The summed E-state index contributed by atoms with van der Waals surface area (Å²) in [4.78, 5) is 31.7. The smallest absolute Gasteiger partial charge is 0.335 e. The van der Waals surface area contributed by atoms with Crippen molar-refractivity contribution in [3.8, 4) is 5.75 Å². The maximum atomic E-state index is 12.2. The van der Waals surface area contributed by atoms with E-state index >= 15 is 0 Å². The number of carboxylic acid groups (broad SMARTS) is 3. The van der Waals surface area contributed by atoms with E-state index in [4.69, 9.17) is 20.4 Å². The molecule has 0 fully saturated rings. The number of carbonyl (C=O) groups is 3. The zero-order valence-corrected chi connectivity index (χ0v) is 12.6. The van der Waals surface area contributed by atoms with E-state index in [0.717, 1.165) is 18.2 Å². The van der Waals surface area contributed by atoms with Crippen LogP contribution in [-0.4, -0.2) is 38.3 Å². The number of rotatable bonds is 3. The van der Waals surface area contributed by atoms with Gasteiger partial charge in [-0.2, -0.15) is 8.78 Å². The van der Waals surface area contributed by atoms with Gasteiger partial charge in [0.15, 0.2) is 5.75 Å². The van der Waals surface area contributed by atoms with Gasteiger partial charge in [0, 0.05) is 0 Å². The topological polar surface area (TPSA) is 132 Å². The van der Waals surface area contributed by atoms with Gasteiger partial charge in [0.25, 0.3) is 0 Å². The van der Waals surface area contributed by atoms with Gasteiger partial charge in [-0.15, -0.1) is 0 Å². The van der Waals surface area contributed by atoms with Crippen molar-refractivity contribution in [3.05, 3.63) is 64.0 Å². The zero-order chi connectivity index (χ0) is 21.0. The number of aromatic hydroxyl groups is 1. The summed E-state index contributed by atoms with van der Waals surface area (Å²) in [5.74, 6) is -17.1. The number of hydrogen-bond donors (Lipinski definition) is 4. The third-order valence-corrected chi connectivity index (χ3v) is 2.86. The Kier molecular flexibility index (Phi) is 6.42. The first-order valence-electron chi connectivity index (χ1n) is 6.43. The Morgan fingerprint density at radius 1 is 0.556 bits per heavy atom. The number of phenolic OH excluding ortho intramolecular Hbond substituents is 1. The van der Waals surface area contributed by atoms with Crippen molar-refractivity contribution in [2.24, 2.45) is 0 Å². The molecular weight excluding hydrogens is 387 g/mol. The molecule has 12 heteroatoms. The zero-order valence-electron chi connectivity index (χ0n) is 12.6.